The number of rotatable bonds is 5. The molecule has 0 unspecified atom stereocenters. The Kier molecular flexibility index (Phi) is 6.53. The van der Waals surface area contributed by atoms with Gasteiger partial charge in [0.25, 0.3) is 0 Å². The minimum absolute atomic E-state index is 0.120. The topological polar surface area (TPSA) is 44.8 Å². The third-order valence-corrected chi connectivity index (χ3v) is 6.88. The number of carbonyl (C=O) groups is 1. The fraction of sp³-hybridized carbons (Fsp3) is 0.696. The van der Waals surface area contributed by atoms with Crippen LogP contribution in [0.1, 0.15) is 62.1 Å². The monoisotopic (exact) mass is 385 g/mol. The molecule has 1 N–H and O–H groups in total. The van der Waals surface area contributed by atoms with Gasteiger partial charge in [-0.15, -0.1) is 0 Å². The second-order valence-corrected chi connectivity index (χ2v) is 8.64. The molecule has 1 aromatic rings. The number of amides is 1. The molecule has 1 heterocycles. The molecule has 1 saturated carbocycles. The maximum atomic E-state index is 12.7. The Morgan fingerprint density at radius 2 is 1.86 bits per heavy atom. The van der Waals surface area contributed by atoms with E-state index in [0.29, 0.717) is 6.54 Å². The number of nitrogens with zero attached hydrogens (tertiary/aromatic N) is 2. The number of hydrogen-bond donors (Lipinski definition) is 1. The summed E-state index contributed by atoms with van der Waals surface area (Å²) in [6, 6.07) is 7.11. The van der Waals surface area contributed by atoms with Crippen molar-refractivity contribution in [3.8, 4) is 5.75 Å². The molecule has 4 rings (SSSR count). The van der Waals surface area contributed by atoms with Crippen LogP contribution < -0.4 is 10.1 Å². The third-order valence-electron chi connectivity index (χ3n) is 6.88. The number of ether oxygens (including phenoxy) is 1. The van der Waals surface area contributed by atoms with E-state index in [0.717, 1.165) is 57.2 Å². The SMILES string of the molecule is COc1cccc2c1CCC[C@@H]2NC(=O)CN1CCN(C2CCCCC2)CC1. The summed E-state index contributed by atoms with van der Waals surface area (Å²) in [6.07, 6.45) is 10.1. The lowest BCUT2D eigenvalue weighted by Crippen LogP contribution is -2.52. The third kappa shape index (κ3) is 4.52. The summed E-state index contributed by atoms with van der Waals surface area (Å²) in [5, 5.41) is 3.30. The smallest absolute Gasteiger partial charge is 0.234 e. The van der Waals surface area contributed by atoms with Crippen molar-refractivity contribution < 1.29 is 9.53 Å². The minimum Gasteiger partial charge on any atom is -0.496 e. The molecule has 0 spiro atoms. The standard InChI is InChI=1S/C23H35N3O2/c1-28-22-12-6-9-19-20(22)10-5-11-21(19)24-23(27)17-25-13-15-26(16-14-25)18-7-3-2-4-8-18/h6,9,12,18,21H,2-5,7-8,10-11,13-17H2,1H3,(H,24,27)/t21-/m0/s1. The van der Waals surface area contributed by atoms with Gasteiger partial charge in [0.05, 0.1) is 19.7 Å². The molecule has 28 heavy (non-hydrogen) atoms. The number of methoxy groups -OCH3 is 1. The molecular formula is C23H35N3O2. The number of carbonyl (C=O) groups excluding carboxylic acids is 1. The first kappa shape index (κ1) is 19.7. The van der Waals surface area contributed by atoms with Crippen molar-refractivity contribution in [1.29, 1.82) is 0 Å². The predicted molar refractivity (Wildman–Crippen MR) is 112 cm³/mol. The van der Waals surface area contributed by atoms with Crippen molar-refractivity contribution in [2.75, 3.05) is 39.8 Å². The van der Waals surface area contributed by atoms with Gasteiger partial charge >= 0.3 is 0 Å². The van der Waals surface area contributed by atoms with E-state index in [1.54, 1.807) is 7.11 Å². The van der Waals surface area contributed by atoms with Gasteiger partial charge in [-0.3, -0.25) is 14.6 Å². The Labute approximate surface area is 169 Å². The molecule has 1 aliphatic heterocycles. The molecule has 1 atom stereocenters. The zero-order valence-corrected chi connectivity index (χ0v) is 17.3. The maximum Gasteiger partial charge on any atom is 0.234 e. The van der Waals surface area contributed by atoms with Gasteiger partial charge in [-0.2, -0.15) is 0 Å². The highest BCUT2D eigenvalue weighted by Gasteiger charge is 2.27. The Morgan fingerprint density at radius 1 is 1.07 bits per heavy atom. The van der Waals surface area contributed by atoms with Crippen LogP contribution in [0.15, 0.2) is 18.2 Å². The lowest BCUT2D eigenvalue weighted by Gasteiger charge is -2.40. The number of hydrogen-bond acceptors (Lipinski definition) is 4. The molecular weight excluding hydrogens is 350 g/mol. The highest BCUT2D eigenvalue weighted by Crippen LogP contribution is 2.35. The molecule has 1 aromatic carbocycles. The van der Waals surface area contributed by atoms with Crippen molar-refractivity contribution in [3.05, 3.63) is 29.3 Å². The van der Waals surface area contributed by atoms with Crippen LogP contribution in [-0.2, 0) is 11.2 Å². The van der Waals surface area contributed by atoms with Crippen LogP contribution in [0.4, 0.5) is 0 Å². The zero-order valence-electron chi connectivity index (χ0n) is 17.3. The molecule has 0 bridgehead atoms. The summed E-state index contributed by atoms with van der Waals surface area (Å²) >= 11 is 0. The van der Waals surface area contributed by atoms with Crippen molar-refractivity contribution >= 4 is 5.91 Å². The van der Waals surface area contributed by atoms with E-state index in [2.05, 4.69) is 21.2 Å². The molecule has 2 aliphatic carbocycles. The molecule has 3 aliphatic rings. The van der Waals surface area contributed by atoms with E-state index in [-0.39, 0.29) is 11.9 Å². The van der Waals surface area contributed by atoms with Crippen LogP contribution in [0.25, 0.3) is 0 Å². The molecule has 5 nitrogen and oxygen atoms in total. The Balaban J connectivity index is 1.28. The second-order valence-electron chi connectivity index (χ2n) is 8.64. The molecule has 1 amide bonds. The van der Waals surface area contributed by atoms with Crippen molar-refractivity contribution in [3.63, 3.8) is 0 Å². The normalized spacial score (nSPS) is 24.5. The van der Waals surface area contributed by atoms with E-state index in [1.165, 1.54) is 43.2 Å². The van der Waals surface area contributed by atoms with Crippen molar-refractivity contribution in [1.82, 2.24) is 15.1 Å². The van der Waals surface area contributed by atoms with E-state index >= 15 is 0 Å². The van der Waals surface area contributed by atoms with E-state index in [4.69, 9.17) is 4.74 Å². The van der Waals surface area contributed by atoms with Crippen LogP contribution in [0.3, 0.4) is 0 Å². The van der Waals surface area contributed by atoms with Gasteiger partial charge in [0.1, 0.15) is 5.75 Å². The molecule has 2 fully saturated rings. The van der Waals surface area contributed by atoms with Crippen LogP contribution in [0.2, 0.25) is 0 Å². The highest BCUT2D eigenvalue weighted by atomic mass is 16.5. The first-order chi connectivity index (χ1) is 13.7. The Hall–Kier alpha value is -1.59. The van der Waals surface area contributed by atoms with Gasteiger partial charge in [-0.05, 0) is 49.3 Å². The summed E-state index contributed by atoms with van der Waals surface area (Å²) in [6.45, 7) is 4.77. The summed E-state index contributed by atoms with van der Waals surface area (Å²) in [5.41, 5.74) is 2.50. The average molecular weight is 386 g/mol. The molecule has 154 valence electrons. The molecule has 0 radical (unpaired) electrons. The lowest BCUT2D eigenvalue weighted by molar-refractivity contribution is -0.123. The van der Waals surface area contributed by atoms with Crippen molar-refractivity contribution in [2.24, 2.45) is 0 Å². The van der Waals surface area contributed by atoms with Gasteiger partial charge in [0.2, 0.25) is 5.91 Å². The van der Waals surface area contributed by atoms with E-state index in [9.17, 15) is 4.79 Å². The summed E-state index contributed by atoms with van der Waals surface area (Å²) in [7, 11) is 1.73. The number of benzene rings is 1. The highest BCUT2D eigenvalue weighted by molar-refractivity contribution is 5.78. The predicted octanol–water partition coefficient (Wildman–Crippen LogP) is 3.14. The van der Waals surface area contributed by atoms with Crippen LogP contribution >= 0.6 is 0 Å². The Bertz CT molecular complexity index is 664. The van der Waals surface area contributed by atoms with Gasteiger partial charge < -0.3 is 10.1 Å². The molecule has 0 aromatic heterocycles. The molecule has 5 heteroatoms. The largest absolute Gasteiger partial charge is 0.496 e. The first-order valence-electron chi connectivity index (χ1n) is 11.2. The first-order valence-corrected chi connectivity index (χ1v) is 11.2. The minimum atomic E-state index is 0.120. The summed E-state index contributed by atoms with van der Waals surface area (Å²) in [5.74, 6) is 1.11. The average Bonchev–Trinajstić information content (AvgIpc) is 2.74. The number of piperazine rings is 1. The van der Waals surface area contributed by atoms with Crippen LogP contribution in [0.5, 0.6) is 5.75 Å². The van der Waals surface area contributed by atoms with Crippen molar-refractivity contribution in [2.45, 2.75) is 63.5 Å². The second kappa shape index (κ2) is 9.27. The van der Waals surface area contributed by atoms with Crippen LogP contribution in [-0.4, -0.2) is 61.6 Å². The fourth-order valence-corrected chi connectivity index (χ4v) is 5.33. The van der Waals surface area contributed by atoms with Gasteiger partial charge in [0.15, 0.2) is 0 Å². The van der Waals surface area contributed by atoms with Gasteiger partial charge in [0, 0.05) is 32.2 Å². The molecule has 1 saturated heterocycles. The zero-order chi connectivity index (χ0) is 19.3. The number of nitrogens with one attached hydrogen (secondary N) is 1. The maximum absolute atomic E-state index is 12.7. The van der Waals surface area contributed by atoms with Gasteiger partial charge in [-0.25, -0.2) is 0 Å². The quantitative estimate of drug-likeness (QED) is 0.846. The number of fused-ring (bicyclic) bond motifs is 1. The summed E-state index contributed by atoms with van der Waals surface area (Å²) < 4.78 is 5.52. The van der Waals surface area contributed by atoms with E-state index < -0.39 is 0 Å². The fourth-order valence-electron chi connectivity index (χ4n) is 5.33. The Morgan fingerprint density at radius 3 is 2.61 bits per heavy atom. The van der Waals surface area contributed by atoms with Crippen LogP contribution in [0, 0.1) is 0 Å². The lowest BCUT2D eigenvalue weighted by atomic mass is 9.87. The summed E-state index contributed by atoms with van der Waals surface area (Å²) in [4.78, 5) is 17.7. The van der Waals surface area contributed by atoms with E-state index in [1.807, 2.05) is 12.1 Å². The van der Waals surface area contributed by atoms with Gasteiger partial charge in [-0.1, -0.05) is 31.4 Å².